The van der Waals surface area contributed by atoms with Gasteiger partial charge in [0.05, 0.1) is 17.3 Å². The van der Waals surface area contributed by atoms with Gasteiger partial charge in [-0.25, -0.2) is 0 Å². The minimum Gasteiger partial charge on any atom is -0.496 e. The average molecular weight is 454 g/mol. The second kappa shape index (κ2) is 9.26. The molecule has 25 heavy (non-hydrogen) atoms. The van der Waals surface area contributed by atoms with Gasteiger partial charge in [0.2, 0.25) is 0 Å². The number of benzene rings is 2. The molecule has 2 amide bonds. The molecule has 2 N–H and O–H groups in total. The van der Waals surface area contributed by atoms with Crippen molar-refractivity contribution in [3.63, 3.8) is 0 Å². The van der Waals surface area contributed by atoms with Crippen molar-refractivity contribution in [3.05, 3.63) is 57.2 Å². The molecule has 0 radical (unpaired) electrons. The zero-order valence-electron chi connectivity index (χ0n) is 14.0. The lowest BCUT2D eigenvalue weighted by Gasteiger charge is -2.10. The molecule has 0 spiro atoms. The number of halogens is 1. The number of carbonyl (C=O) groups excluding carboxylic acids is 2. The number of amides is 2. The summed E-state index contributed by atoms with van der Waals surface area (Å²) in [6, 6.07) is 11.7. The molecule has 132 valence electrons. The maximum atomic E-state index is 12.1. The SMILES string of the molecule is CCCOc1ccc(C(=O)NNC(=O)c2ccc(OC)c(I)c2)cc1. The fraction of sp³-hybridized carbons (Fsp3) is 0.222. The lowest BCUT2D eigenvalue weighted by atomic mass is 10.2. The van der Waals surface area contributed by atoms with Crippen LogP contribution in [0, 0.1) is 3.57 Å². The van der Waals surface area contributed by atoms with E-state index in [4.69, 9.17) is 9.47 Å². The van der Waals surface area contributed by atoms with Gasteiger partial charge < -0.3 is 9.47 Å². The standard InChI is InChI=1S/C18H19IN2O4/c1-3-10-25-14-7-4-12(5-8-14)17(22)20-21-18(23)13-6-9-16(24-2)15(19)11-13/h4-9,11H,3,10H2,1-2H3,(H,20,22)(H,21,23). The second-order valence-electron chi connectivity index (χ2n) is 5.13. The van der Waals surface area contributed by atoms with Gasteiger partial charge in [0.25, 0.3) is 11.8 Å². The molecule has 2 rings (SSSR count). The number of carbonyl (C=O) groups is 2. The van der Waals surface area contributed by atoms with Crippen LogP contribution in [0.2, 0.25) is 0 Å². The smallest absolute Gasteiger partial charge is 0.269 e. The third-order valence-electron chi connectivity index (χ3n) is 3.29. The Balaban J connectivity index is 1.92. The van der Waals surface area contributed by atoms with Crippen molar-refractivity contribution in [1.82, 2.24) is 10.9 Å². The summed E-state index contributed by atoms with van der Waals surface area (Å²) >= 11 is 2.08. The predicted molar refractivity (Wildman–Crippen MR) is 103 cm³/mol. The molecule has 0 saturated heterocycles. The molecule has 2 aromatic rings. The summed E-state index contributed by atoms with van der Waals surface area (Å²) in [6.07, 6.45) is 0.915. The van der Waals surface area contributed by atoms with Crippen LogP contribution in [0.4, 0.5) is 0 Å². The number of ether oxygens (including phenoxy) is 2. The summed E-state index contributed by atoms with van der Waals surface area (Å²) in [5.74, 6) is 0.581. The molecule has 6 nitrogen and oxygen atoms in total. The molecule has 0 fully saturated rings. The lowest BCUT2D eigenvalue weighted by molar-refractivity contribution is 0.0846. The Morgan fingerprint density at radius 2 is 1.60 bits per heavy atom. The molecule has 0 unspecified atom stereocenters. The molecule has 0 aliphatic rings. The first kappa shape index (κ1) is 19.0. The summed E-state index contributed by atoms with van der Waals surface area (Å²) in [6.45, 7) is 2.65. The molecular formula is C18H19IN2O4. The number of hydrogen-bond acceptors (Lipinski definition) is 4. The van der Waals surface area contributed by atoms with Crippen molar-refractivity contribution in [2.45, 2.75) is 13.3 Å². The van der Waals surface area contributed by atoms with Crippen LogP contribution < -0.4 is 20.3 Å². The minimum absolute atomic E-state index is 0.404. The number of rotatable bonds is 6. The van der Waals surface area contributed by atoms with E-state index in [1.54, 1.807) is 49.6 Å². The van der Waals surface area contributed by atoms with Crippen molar-refractivity contribution in [2.24, 2.45) is 0 Å². The van der Waals surface area contributed by atoms with Crippen molar-refractivity contribution >= 4 is 34.4 Å². The van der Waals surface area contributed by atoms with Gasteiger partial charge in [-0.3, -0.25) is 20.4 Å². The van der Waals surface area contributed by atoms with Crippen LogP contribution in [-0.4, -0.2) is 25.5 Å². The van der Waals surface area contributed by atoms with Gasteiger partial charge in [-0.05, 0) is 71.5 Å². The lowest BCUT2D eigenvalue weighted by Crippen LogP contribution is -2.41. The zero-order chi connectivity index (χ0) is 18.2. The number of methoxy groups -OCH3 is 1. The van der Waals surface area contributed by atoms with Crippen molar-refractivity contribution in [1.29, 1.82) is 0 Å². The molecule has 0 aliphatic carbocycles. The van der Waals surface area contributed by atoms with E-state index in [-0.39, 0.29) is 0 Å². The number of nitrogens with one attached hydrogen (secondary N) is 2. The fourth-order valence-corrected chi connectivity index (χ4v) is 2.72. The van der Waals surface area contributed by atoms with E-state index < -0.39 is 11.8 Å². The van der Waals surface area contributed by atoms with Gasteiger partial charge in [-0.2, -0.15) is 0 Å². The quantitative estimate of drug-likeness (QED) is 0.520. The van der Waals surface area contributed by atoms with E-state index in [2.05, 4.69) is 33.4 Å². The first-order valence-electron chi connectivity index (χ1n) is 7.72. The molecule has 2 aromatic carbocycles. The Morgan fingerprint density at radius 1 is 1.00 bits per heavy atom. The van der Waals surface area contributed by atoms with Crippen LogP contribution in [0.3, 0.4) is 0 Å². The van der Waals surface area contributed by atoms with Crippen molar-refractivity contribution in [2.75, 3.05) is 13.7 Å². The summed E-state index contributed by atoms with van der Waals surface area (Å²) < 4.78 is 11.4. The van der Waals surface area contributed by atoms with Gasteiger partial charge in [0.1, 0.15) is 11.5 Å². The first-order chi connectivity index (χ1) is 12.0. The van der Waals surface area contributed by atoms with E-state index in [1.807, 2.05) is 6.92 Å². The Bertz CT molecular complexity index is 747. The highest BCUT2D eigenvalue weighted by atomic mass is 127. The Hall–Kier alpha value is -2.29. The Kier molecular flexibility index (Phi) is 7.05. The van der Waals surface area contributed by atoms with E-state index in [9.17, 15) is 9.59 Å². The van der Waals surface area contributed by atoms with Crippen molar-refractivity contribution < 1.29 is 19.1 Å². The Morgan fingerprint density at radius 3 is 2.16 bits per heavy atom. The highest BCUT2D eigenvalue weighted by molar-refractivity contribution is 14.1. The van der Waals surface area contributed by atoms with E-state index in [1.165, 1.54) is 0 Å². The highest BCUT2D eigenvalue weighted by Crippen LogP contribution is 2.21. The van der Waals surface area contributed by atoms with Crippen LogP contribution in [0.15, 0.2) is 42.5 Å². The third-order valence-corrected chi connectivity index (χ3v) is 4.14. The van der Waals surface area contributed by atoms with Gasteiger partial charge in [-0.15, -0.1) is 0 Å². The molecule has 0 heterocycles. The molecule has 0 saturated carbocycles. The number of hydrogen-bond donors (Lipinski definition) is 2. The Labute approximate surface area is 160 Å². The summed E-state index contributed by atoms with van der Waals surface area (Å²) in [7, 11) is 1.57. The minimum atomic E-state index is -0.406. The predicted octanol–water partition coefficient (Wildman–Crippen LogP) is 3.16. The first-order valence-corrected chi connectivity index (χ1v) is 8.80. The van der Waals surface area contributed by atoms with Gasteiger partial charge in [-0.1, -0.05) is 6.92 Å². The second-order valence-corrected chi connectivity index (χ2v) is 6.29. The highest BCUT2D eigenvalue weighted by Gasteiger charge is 2.11. The fourth-order valence-electron chi connectivity index (χ4n) is 1.99. The summed E-state index contributed by atoms with van der Waals surface area (Å²) in [5, 5.41) is 0. The maximum absolute atomic E-state index is 12.1. The van der Waals surface area contributed by atoms with Gasteiger partial charge in [0.15, 0.2) is 0 Å². The van der Waals surface area contributed by atoms with Crippen LogP contribution in [-0.2, 0) is 0 Å². The molecular weight excluding hydrogens is 435 g/mol. The van der Waals surface area contributed by atoms with Crippen LogP contribution >= 0.6 is 22.6 Å². The topological polar surface area (TPSA) is 76.7 Å². The zero-order valence-corrected chi connectivity index (χ0v) is 16.1. The van der Waals surface area contributed by atoms with Crippen LogP contribution in [0.1, 0.15) is 34.1 Å². The van der Waals surface area contributed by atoms with Crippen molar-refractivity contribution in [3.8, 4) is 11.5 Å². The normalized spacial score (nSPS) is 10.0. The van der Waals surface area contributed by atoms with Crippen LogP contribution in [0.25, 0.3) is 0 Å². The molecule has 7 heteroatoms. The molecule has 0 aromatic heterocycles. The average Bonchev–Trinajstić information content (AvgIpc) is 2.64. The molecule has 0 bridgehead atoms. The largest absolute Gasteiger partial charge is 0.496 e. The third kappa shape index (κ3) is 5.35. The van der Waals surface area contributed by atoms with Gasteiger partial charge in [0, 0.05) is 11.1 Å². The van der Waals surface area contributed by atoms with E-state index in [0.717, 1.165) is 9.99 Å². The van der Waals surface area contributed by atoms with Crippen LogP contribution in [0.5, 0.6) is 11.5 Å². The summed E-state index contributed by atoms with van der Waals surface area (Å²) in [4.78, 5) is 24.2. The molecule has 0 aliphatic heterocycles. The van der Waals surface area contributed by atoms with E-state index >= 15 is 0 Å². The maximum Gasteiger partial charge on any atom is 0.269 e. The monoisotopic (exact) mass is 454 g/mol. The van der Waals surface area contributed by atoms with E-state index in [0.29, 0.717) is 29.2 Å². The van der Waals surface area contributed by atoms with Gasteiger partial charge >= 0.3 is 0 Å². The summed E-state index contributed by atoms with van der Waals surface area (Å²) in [5.41, 5.74) is 5.64. The number of hydrazine groups is 1. The molecule has 0 atom stereocenters.